The van der Waals surface area contributed by atoms with Crippen LogP contribution in [-0.4, -0.2) is 37.1 Å². The molecule has 0 aromatic heterocycles. The van der Waals surface area contributed by atoms with Gasteiger partial charge in [-0.15, -0.1) is 6.58 Å². The van der Waals surface area contributed by atoms with E-state index in [2.05, 4.69) is 37.7 Å². The molecule has 1 aliphatic heterocycles. The van der Waals surface area contributed by atoms with Crippen LogP contribution in [0.25, 0.3) is 0 Å². The number of nitrogens with zero attached hydrogens (tertiary/aromatic N) is 1. The molecule has 2 atom stereocenters. The van der Waals surface area contributed by atoms with Gasteiger partial charge in [-0.2, -0.15) is 0 Å². The Bertz CT molecular complexity index is 171. The van der Waals surface area contributed by atoms with Gasteiger partial charge in [0.25, 0.3) is 0 Å². The average Bonchev–Trinajstić information content (AvgIpc) is 2.18. The van der Waals surface area contributed by atoms with Crippen molar-refractivity contribution < 1.29 is 0 Å². The second kappa shape index (κ2) is 5.52. The van der Waals surface area contributed by atoms with Crippen molar-refractivity contribution in [3.63, 3.8) is 0 Å². The summed E-state index contributed by atoms with van der Waals surface area (Å²) in [6.07, 6.45) is 4.63. The molecule has 2 unspecified atom stereocenters. The molecular weight excluding hydrogens is 172 g/mol. The molecule has 2 nitrogen and oxygen atoms in total. The van der Waals surface area contributed by atoms with Gasteiger partial charge in [0.15, 0.2) is 0 Å². The average molecular weight is 196 g/mol. The molecule has 1 fully saturated rings. The quantitative estimate of drug-likeness (QED) is 0.691. The highest BCUT2D eigenvalue weighted by Gasteiger charge is 2.22. The van der Waals surface area contributed by atoms with Gasteiger partial charge in [-0.05, 0) is 52.7 Å². The number of hydrogen-bond donors (Lipinski definition) is 1. The minimum absolute atomic E-state index is 0.435. The summed E-state index contributed by atoms with van der Waals surface area (Å²) in [5, 5.41) is 3.58. The van der Waals surface area contributed by atoms with Gasteiger partial charge < -0.3 is 10.2 Å². The third-order valence-corrected chi connectivity index (χ3v) is 3.35. The third-order valence-electron chi connectivity index (χ3n) is 3.35. The Morgan fingerprint density at radius 2 is 1.93 bits per heavy atom. The van der Waals surface area contributed by atoms with Gasteiger partial charge in [-0.25, -0.2) is 0 Å². The molecule has 0 aromatic carbocycles. The van der Waals surface area contributed by atoms with Crippen LogP contribution in [-0.2, 0) is 0 Å². The zero-order chi connectivity index (χ0) is 10.6. The second-order valence-corrected chi connectivity index (χ2v) is 4.62. The number of nitrogens with one attached hydrogen (secondary N) is 1. The largest absolute Gasteiger partial charge is 0.308 e. The fraction of sp³-hybridized carbons (Fsp3) is 0.833. The minimum Gasteiger partial charge on any atom is -0.308 e. The molecule has 1 rings (SSSR count). The van der Waals surface area contributed by atoms with E-state index in [1.807, 2.05) is 6.08 Å². The first-order chi connectivity index (χ1) is 6.63. The van der Waals surface area contributed by atoms with Crippen molar-refractivity contribution in [2.75, 3.05) is 20.1 Å². The molecule has 0 bridgehead atoms. The van der Waals surface area contributed by atoms with Gasteiger partial charge in [0, 0.05) is 12.1 Å². The van der Waals surface area contributed by atoms with Crippen LogP contribution in [0.15, 0.2) is 12.7 Å². The Labute approximate surface area is 88.4 Å². The molecule has 1 aliphatic rings. The number of piperidine rings is 1. The summed E-state index contributed by atoms with van der Waals surface area (Å²) < 4.78 is 0. The zero-order valence-corrected chi connectivity index (χ0v) is 9.79. The standard InChI is InChI=1S/C12H24N2/c1-5-10(2)13-11(3)12-6-8-14(4)9-7-12/h5,10-13H,1,6-9H2,2-4H3. The zero-order valence-electron chi connectivity index (χ0n) is 9.79. The van der Waals surface area contributed by atoms with Crippen LogP contribution in [0.1, 0.15) is 26.7 Å². The van der Waals surface area contributed by atoms with E-state index in [1.165, 1.54) is 25.9 Å². The molecule has 2 heteroatoms. The van der Waals surface area contributed by atoms with Gasteiger partial charge >= 0.3 is 0 Å². The molecule has 1 N–H and O–H groups in total. The first-order valence-corrected chi connectivity index (χ1v) is 5.70. The molecule has 1 saturated heterocycles. The predicted octanol–water partition coefficient (Wildman–Crippen LogP) is 1.88. The fourth-order valence-electron chi connectivity index (χ4n) is 2.15. The van der Waals surface area contributed by atoms with Crippen molar-refractivity contribution in [2.45, 2.75) is 38.8 Å². The van der Waals surface area contributed by atoms with E-state index < -0.39 is 0 Å². The number of rotatable bonds is 4. The molecule has 82 valence electrons. The molecule has 0 amide bonds. The fourth-order valence-corrected chi connectivity index (χ4v) is 2.15. The number of likely N-dealkylation sites (tertiary alicyclic amines) is 1. The van der Waals surface area contributed by atoms with E-state index >= 15 is 0 Å². The molecule has 14 heavy (non-hydrogen) atoms. The summed E-state index contributed by atoms with van der Waals surface area (Å²) in [5.41, 5.74) is 0. The summed E-state index contributed by atoms with van der Waals surface area (Å²) in [7, 11) is 2.21. The Morgan fingerprint density at radius 3 is 2.43 bits per heavy atom. The lowest BCUT2D eigenvalue weighted by molar-refractivity contribution is 0.188. The summed E-state index contributed by atoms with van der Waals surface area (Å²) >= 11 is 0. The summed E-state index contributed by atoms with van der Waals surface area (Å²) in [4.78, 5) is 2.42. The van der Waals surface area contributed by atoms with E-state index in [1.54, 1.807) is 0 Å². The Hall–Kier alpha value is -0.340. The molecule has 0 saturated carbocycles. The smallest absolute Gasteiger partial charge is 0.0221 e. The lowest BCUT2D eigenvalue weighted by atomic mass is 9.90. The van der Waals surface area contributed by atoms with Crippen molar-refractivity contribution in [2.24, 2.45) is 5.92 Å². The highest BCUT2D eigenvalue weighted by atomic mass is 15.1. The van der Waals surface area contributed by atoms with Gasteiger partial charge in [0.05, 0.1) is 0 Å². The van der Waals surface area contributed by atoms with Crippen LogP contribution >= 0.6 is 0 Å². The molecule has 0 aliphatic carbocycles. The van der Waals surface area contributed by atoms with Gasteiger partial charge in [0.2, 0.25) is 0 Å². The predicted molar refractivity (Wildman–Crippen MR) is 62.5 cm³/mol. The summed E-state index contributed by atoms with van der Waals surface area (Å²) in [6, 6.07) is 1.06. The monoisotopic (exact) mass is 196 g/mol. The van der Waals surface area contributed by atoms with Crippen LogP contribution in [0, 0.1) is 5.92 Å². The van der Waals surface area contributed by atoms with Gasteiger partial charge in [-0.1, -0.05) is 6.08 Å². The van der Waals surface area contributed by atoms with E-state index in [4.69, 9.17) is 0 Å². The molecule has 0 spiro atoms. The Kier molecular flexibility index (Phi) is 4.63. The highest BCUT2D eigenvalue weighted by molar-refractivity contribution is 4.86. The van der Waals surface area contributed by atoms with Crippen LogP contribution in [0.3, 0.4) is 0 Å². The number of hydrogen-bond acceptors (Lipinski definition) is 2. The maximum absolute atomic E-state index is 3.80. The highest BCUT2D eigenvalue weighted by Crippen LogP contribution is 2.19. The van der Waals surface area contributed by atoms with Crippen molar-refractivity contribution in [1.82, 2.24) is 10.2 Å². The lowest BCUT2D eigenvalue weighted by Crippen LogP contribution is -2.43. The molecule has 0 radical (unpaired) electrons. The van der Waals surface area contributed by atoms with E-state index in [0.717, 1.165) is 5.92 Å². The summed E-state index contributed by atoms with van der Waals surface area (Å²) in [6.45, 7) is 10.8. The van der Waals surface area contributed by atoms with Crippen molar-refractivity contribution in [3.05, 3.63) is 12.7 Å². The second-order valence-electron chi connectivity index (χ2n) is 4.62. The maximum Gasteiger partial charge on any atom is 0.0221 e. The Balaban J connectivity index is 2.30. The molecular formula is C12H24N2. The third kappa shape index (κ3) is 3.43. The van der Waals surface area contributed by atoms with Crippen LogP contribution in [0.4, 0.5) is 0 Å². The van der Waals surface area contributed by atoms with Crippen LogP contribution in [0.5, 0.6) is 0 Å². The molecule has 0 aromatic rings. The van der Waals surface area contributed by atoms with Crippen LogP contribution in [0.2, 0.25) is 0 Å². The normalized spacial score (nSPS) is 24.5. The molecule has 1 heterocycles. The summed E-state index contributed by atoms with van der Waals surface area (Å²) in [5.74, 6) is 0.841. The SMILES string of the molecule is C=CC(C)NC(C)C1CCN(C)CC1. The first-order valence-electron chi connectivity index (χ1n) is 5.70. The van der Waals surface area contributed by atoms with Crippen molar-refractivity contribution in [1.29, 1.82) is 0 Å². The maximum atomic E-state index is 3.80. The first kappa shape index (κ1) is 11.7. The van der Waals surface area contributed by atoms with Gasteiger partial charge in [0.1, 0.15) is 0 Å². The van der Waals surface area contributed by atoms with Gasteiger partial charge in [-0.3, -0.25) is 0 Å². The van der Waals surface area contributed by atoms with Crippen molar-refractivity contribution in [3.8, 4) is 0 Å². The van der Waals surface area contributed by atoms with Crippen molar-refractivity contribution >= 4 is 0 Å². The topological polar surface area (TPSA) is 15.3 Å². The Morgan fingerprint density at radius 1 is 1.36 bits per heavy atom. The minimum atomic E-state index is 0.435. The van der Waals surface area contributed by atoms with E-state index in [-0.39, 0.29) is 0 Å². The lowest BCUT2D eigenvalue weighted by Gasteiger charge is -2.34. The van der Waals surface area contributed by atoms with Crippen LogP contribution < -0.4 is 5.32 Å². The van der Waals surface area contributed by atoms with E-state index in [9.17, 15) is 0 Å². The van der Waals surface area contributed by atoms with E-state index in [0.29, 0.717) is 12.1 Å².